The van der Waals surface area contributed by atoms with Gasteiger partial charge in [-0.3, -0.25) is 9.89 Å². The van der Waals surface area contributed by atoms with E-state index in [1.54, 1.807) is 18.3 Å². The Balaban J connectivity index is 2.57. The van der Waals surface area contributed by atoms with Crippen molar-refractivity contribution in [2.24, 2.45) is 5.73 Å². The van der Waals surface area contributed by atoms with E-state index >= 15 is 0 Å². The summed E-state index contributed by atoms with van der Waals surface area (Å²) in [6.45, 7) is 0. The summed E-state index contributed by atoms with van der Waals surface area (Å²) in [4.78, 5) is 10.3. The van der Waals surface area contributed by atoms with Crippen molar-refractivity contribution in [1.82, 2.24) is 10.2 Å². The average Bonchev–Trinajstić information content (AvgIpc) is 2.36. The number of H-pyrrole nitrogens is 1. The Morgan fingerprint density at radius 1 is 1.75 bits per heavy atom. The largest absolute Gasteiger partial charge is 0.384 e. The summed E-state index contributed by atoms with van der Waals surface area (Å²) in [6, 6.07) is 0. The van der Waals surface area contributed by atoms with Crippen LogP contribution in [0.1, 0.15) is 12.0 Å². The number of aromatic nitrogens is 2. The minimum absolute atomic E-state index is 0.213. The van der Waals surface area contributed by atoms with E-state index in [0.717, 1.165) is 5.56 Å². The number of rotatable bonds is 3. The molecule has 0 radical (unpaired) electrons. The van der Waals surface area contributed by atoms with Crippen LogP contribution in [-0.4, -0.2) is 16.1 Å². The number of nitrogens with zero attached hydrogens (tertiary/aromatic N) is 1. The number of primary amides is 1. The Bertz CT molecular complexity index is 302. The first-order chi connectivity index (χ1) is 5.70. The summed E-state index contributed by atoms with van der Waals surface area (Å²) in [5.74, 6) is 0.115. The van der Waals surface area contributed by atoms with Gasteiger partial charge < -0.3 is 11.5 Å². The highest BCUT2D eigenvalue weighted by Crippen LogP contribution is 2.07. The lowest BCUT2D eigenvalue weighted by Crippen LogP contribution is -2.07. The Morgan fingerprint density at radius 3 is 3.00 bits per heavy atom. The summed E-state index contributed by atoms with van der Waals surface area (Å²) in [7, 11) is 0. The number of nitrogen functional groups attached to an aromatic ring is 1. The number of carbonyl (C=O) groups is 1. The smallest absolute Gasteiger partial charge is 0.221 e. The van der Waals surface area contributed by atoms with Crippen LogP contribution in [0.2, 0.25) is 0 Å². The van der Waals surface area contributed by atoms with Crippen LogP contribution in [0.4, 0.5) is 5.82 Å². The number of nitrogens with two attached hydrogens (primary N) is 2. The highest BCUT2D eigenvalue weighted by molar-refractivity contribution is 5.76. The first-order valence-corrected chi connectivity index (χ1v) is 3.44. The van der Waals surface area contributed by atoms with Crippen molar-refractivity contribution in [2.45, 2.75) is 6.42 Å². The maximum atomic E-state index is 10.3. The van der Waals surface area contributed by atoms with Crippen LogP contribution in [0.3, 0.4) is 0 Å². The molecule has 1 heterocycles. The summed E-state index contributed by atoms with van der Waals surface area (Å²) in [6.07, 6.45) is 5.13. The van der Waals surface area contributed by atoms with E-state index in [4.69, 9.17) is 11.5 Å². The first kappa shape index (κ1) is 8.32. The topological polar surface area (TPSA) is 97.8 Å². The molecule has 1 amide bonds. The third-order valence-corrected chi connectivity index (χ3v) is 1.32. The number of hydrogen-bond donors (Lipinski definition) is 3. The van der Waals surface area contributed by atoms with E-state index in [2.05, 4.69) is 10.2 Å². The van der Waals surface area contributed by atoms with Gasteiger partial charge in [0.25, 0.3) is 0 Å². The van der Waals surface area contributed by atoms with Crippen molar-refractivity contribution < 1.29 is 4.79 Å². The van der Waals surface area contributed by atoms with Gasteiger partial charge in [0.15, 0.2) is 0 Å². The van der Waals surface area contributed by atoms with E-state index in [1.165, 1.54) is 0 Å². The van der Waals surface area contributed by atoms with Crippen LogP contribution < -0.4 is 11.5 Å². The number of anilines is 1. The molecule has 5 heteroatoms. The summed E-state index contributed by atoms with van der Waals surface area (Å²) >= 11 is 0. The number of amides is 1. The van der Waals surface area contributed by atoms with Crippen LogP contribution in [0.15, 0.2) is 12.3 Å². The molecule has 1 aromatic heterocycles. The lowest BCUT2D eigenvalue weighted by molar-refractivity contribution is -0.117. The lowest BCUT2D eigenvalue weighted by atomic mass is 10.2. The Morgan fingerprint density at radius 2 is 2.50 bits per heavy atom. The van der Waals surface area contributed by atoms with Crippen LogP contribution >= 0.6 is 0 Å². The molecule has 0 saturated heterocycles. The molecule has 0 unspecified atom stereocenters. The van der Waals surface area contributed by atoms with Crippen LogP contribution in [-0.2, 0) is 4.79 Å². The zero-order valence-electron chi connectivity index (χ0n) is 6.45. The van der Waals surface area contributed by atoms with Gasteiger partial charge in [-0.05, 0) is 0 Å². The SMILES string of the molecule is NC(=O)CC=Cc1cn[nH]c1N. The molecule has 0 aromatic carbocycles. The van der Waals surface area contributed by atoms with Gasteiger partial charge in [0.2, 0.25) is 5.91 Å². The molecule has 12 heavy (non-hydrogen) atoms. The summed E-state index contributed by atoms with van der Waals surface area (Å²) < 4.78 is 0. The van der Waals surface area contributed by atoms with Crippen molar-refractivity contribution in [3.05, 3.63) is 17.8 Å². The van der Waals surface area contributed by atoms with Crippen LogP contribution in [0, 0.1) is 0 Å². The monoisotopic (exact) mass is 166 g/mol. The quantitative estimate of drug-likeness (QED) is 0.583. The highest BCUT2D eigenvalue weighted by atomic mass is 16.1. The average molecular weight is 166 g/mol. The van der Waals surface area contributed by atoms with Gasteiger partial charge >= 0.3 is 0 Å². The van der Waals surface area contributed by atoms with Gasteiger partial charge in [-0.15, -0.1) is 0 Å². The zero-order valence-corrected chi connectivity index (χ0v) is 6.45. The fraction of sp³-hybridized carbons (Fsp3) is 0.143. The Kier molecular flexibility index (Phi) is 2.47. The van der Waals surface area contributed by atoms with Crippen molar-refractivity contribution in [3.8, 4) is 0 Å². The maximum absolute atomic E-state index is 10.3. The van der Waals surface area contributed by atoms with Gasteiger partial charge in [0.05, 0.1) is 6.20 Å². The fourth-order valence-corrected chi connectivity index (χ4v) is 0.740. The minimum Gasteiger partial charge on any atom is -0.384 e. The van der Waals surface area contributed by atoms with Gasteiger partial charge in [-0.2, -0.15) is 5.10 Å². The number of aromatic amines is 1. The Labute approximate surface area is 69.4 Å². The number of nitrogens with one attached hydrogen (secondary N) is 1. The van der Waals surface area contributed by atoms with Gasteiger partial charge in [-0.25, -0.2) is 0 Å². The maximum Gasteiger partial charge on any atom is 0.221 e. The van der Waals surface area contributed by atoms with E-state index in [9.17, 15) is 4.79 Å². The third kappa shape index (κ3) is 2.12. The van der Waals surface area contributed by atoms with Gasteiger partial charge in [0, 0.05) is 12.0 Å². The van der Waals surface area contributed by atoms with Gasteiger partial charge in [-0.1, -0.05) is 12.2 Å². The molecule has 0 bridgehead atoms. The molecule has 0 fully saturated rings. The van der Waals surface area contributed by atoms with Crippen molar-refractivity contribution >= 4 is 17.8 Å². The number of carbonyl (C=O) groups excluding carboxylic acids is 1. The summed E-state index contributed by atoms with van der Waals surface area (Å²) in [5, 5.41) is 6.27. The van der Waals surface area contributed by atoms with Crippen LogP contribution in [0.25, 0.3) is 6.08 Å². The zero-order chi connectivity index (χ0) is 8.97. The second-order valence-electron chi connectivity index (χ2n) is 2.31. The third-order valence-electron chi connectivity index (χ3n) is 1.32. The minimum atomic E-state index is -0.367. The van der Waals surface area contributed by atoms with Crippen molar-refractivity contribution in [3.63, 3.8) is 0 Å². The molecule has 0 atom stereocenters. The van der Waals surface area contributed by atoms with E-state index in [-0.39, 0.29) is 12.3 Å². The predicted octanol–water partition coefficient (Wildman–Crippen LogP) is -0.120. The molecule has 5 N–H and O–H groups in total. The second kappa shape index (κ2) is 3.56. The summed E-state index contributed by atoms with van der Waals surface area (Å²) in [5.41, 5.74) is 11.2. The van der Waals surface area contributed by atoms with Crippen molar-refractivity contribution in [1.29, 1.82) is 0 Å². The molecule has 0 spiro atoms. The van der Waals surface area contributed by atoms with E-state index < -0.39 is 0 Å². The normalized spacial score (nSPS) is 10.7. The molecule has 0 aliphatic carbocycles. The molecule has 0 saturated carbocycles. The molecular weight excluding hydrogens is 156 g/mol. The molecule has 5 nitrogen and oxygen atoms in total. The van der Waals surface area contributed by atoms with E-state index in [0.29, 0.717) is 5.82 Å². The standard InChI is InChI=1S/C7H10N4O/c8-6(12)3-1-2-5-4-10-11-7(5)9/h1-2,4H,3H2,(H2,8,12)(H3,9,10,11). The predicted molar refractivity (Wildman–Crippen MR) is 45.8 cm³/mol. The second-order valence-corrected chi connectivity index (χ2v) is 2.31. The molecule has 64 valence electrons. The van der Waals surface area contributed by atoms with E-state index in [1.807, 2.05) is 0 Å². The highest BCUT2D eigenvalue weighted by Gasteiger charge is 1.94. The molecular formula is C7H10N4O. The molecule has 0 aliphatic heterocycles. The lowest BCUT2D eigenvalue weighted by Gasteiger charge is -1.87. The number of hydrogen-bond acceptors (Lipinski definition) is 3. The van der Waals surface area contributed by atoms with Crippen molar-refractivity contribution in [2.75, 3.05) is 5.73 Å². The van der Waals surface area contributed by atoms with Crippen LogP contribution in [0.5, 0.6) is 0 Å². The van der Waals surface area contributed by atoms with Gasteiger partial charge in [0.1, 0.15) is 5.82 Å². The first-order valence-electron chi connectivity index (χ1n) is 3.44. The Hall–Kier alpha value is -1.78. The molecule has 1 rings (SSSR count). The molecule has 1 aromatic rings. The fourth-order valence-electron chi connectivity index (χ4n) is 0.740. The molecule has 0 aliphatic rings.